The summed E-state index contributed by atoms with van der Waals surface area (Å²) in [4.78, 5) is 17.3. The summed E-state index contributed by atoms with van der Waals surface area (Å²) in [6, 6.07) is 23.8. The van der Waals surface area contributed by atoms with E-state index in [-0.39, 0.29) is 5.91 Å². The van der Waals surface area contributed by atoms with Crippen LogP contribution in [0.25, 0.3) is 22.4 Å². The number of nitrogens with zero attached hydrogens (tertiary/aromatic N) is 5. The molecule has 2 aromatic carbocycles. The van der Waals surface area contributed by atoms with Gasteiger partial charge in [0.1, 0.15) is 5.82 Å². The maximum absolute atomic E-state index is 12.5. The normalized spacial score (nSPS) is 11.2. The lowest BCUT2D eigenvalue weighted by molar-refractivity contribution is -0.121. The highest BCUT2D eigenvalue weighted by Crippen LogP contribution is 2.22. The second-order valence-corrected chi connectivity index (χ2v) is 7.01. The molecule has 5 aromatic rings. The Kier molecular flexibility index (Phi) is 4.69. The third-order valence-corrected chi connectivity index (χ3v) is 5.05. The number of para-hydroxylation sites is 3. The molecule has 0 aliphatic heterocycles. The summed E-state index contributed by atoms with van der Waals surface area (Å²) in [5, 5.41) is 11.2. The number of pyridine rings is 1. The molecule has 1 amide bonds. The van der Waals surface area contributed by atoms with Crippen LogP contribution in [0.1, 0.15) is 18.1 Å². The minimum Gasteiger partial charge on any atom is -0.349 e. The van der Waals surface area contributed by atoms with Crippen molar-refractivity contribution in [2.75, 3.05) is 0 Å². The Morgan fingerprint density at radius 2 is 1.67 bits per heavy atom. The van der Waals surface area contributed by atoms with Gasteiger partial charge in [0.25, 0.3) is 0 Å². The predicted octanol–water partition coefficient (Wildman–Crippen LogP) is 3.32. The van der Waals surface area contributed by atoms with Gasteiger partial charge in [0.15, 0.2) is 11.5 Å². The zero-order chi connectivity index (χ0) is 20.3. The first kappa shape index (κ1) is 18.1. The highest BCUT2D eigenvalue weighted by Gasteiger charge is 2.14. The van der Waals surface area contributed by atoms with Crippen molar-refractivity contribution in [3.05, 3.63) is 90.6 Å². The van der Waals surface area contributed by atoms with Crippen LogP contribution in [0.3, 0.4) is 0 Å². The summed E-state index contributed by atoms with van der Waals surface area (Å²) in [5.74, 6) is 1.52. The monoisotopic (exact) mass is 396 g/mol. The van der Waals surface area contributed by atoms with Gasteiger partial charge in [-0.3, -0.25) is 13.8 Å². The Morgan fingerprint density at radius 3 is 2.57 bits per heavy atom. The highest BCUT2D eigenvalue weighted by molar-refractivity contribution is 5.79. The molecule has 7 heteroatoms. The number of imidazole rings is 1. The summed E-state index contributed by atoms with van der Waals surface area (Å²) in [6.45, 7) is 0.332. The third kappa shape index (κ3) is 3.41. The van der Waals surface area contributed by atoms with E-state index in [2.05, 4.69) is 26.1 Å². The average molecular weight is 396 g/mol. The maximum atomic E-state index is 12.5. The molecule has 7 nitrogen and oxygen atoms in total. The molecular formula is C23H20N6O. The van der Waals surface area contributed by atoms with E-state index in [9.17, 15) is 4.79 Å². The molecule has 1 N–H and O–H groups in total. The van der Waals surface area contributed by atoms with E-state index in [4.69, 9.17) is 4.98 Å². The Labute approximate surface area is 173 Å². The number of aromatic nitrogens is 5. The predicted molar refractivity (Wildman–Crippen MR) is 114 cm³/mol. The van der Waals surface area contributed by atoms with Crippen molar-refractivity contribution in [3.8, 4) is 5.69 Å². The molecule has 148 valence electrons. The van der Waals surface area contributed by atoms with E-state index in [1.54, 1.807) is 0 Å². The molecule has 0 aliphatic rings. The number of benzene rings is 2. The van der Waals surface area contributed by atoms with Crippen molar-refractivity contribution in [2.45, 2.75) is 19.4 Å². The van der Waals surface area contributed by atoms with Gasteiger partial charge in [0.2, 0.25) is 5.91 Å². The summed E-state index contributed by atoms with van der Waals surface area (Å²) in [6.07, 6.45) is 2.77. The molecule has 0 unspecified atom stereocenters. The highest BCUT2D eigenvalue weighted by atomic mass is 16.1. The molecule has 3 heterocycles. The second-order valence-electron chi connectivity index (χ2n) is 7.01. The molecule has 3 aromatic heterocycles. The summed E-state index contributed by atoms with van der Waals surface area (Å²) >= 11 is 0. The summed E-state index contributed by atoms with van der Waals surface area (Å²) in [5.41, 5.74) is 3.76. The van der Waals surface area contributed by atoms with E-state index in [0.717, 1.165) is 28.2 Å². The van der Waals surface area contributed by atoms with Crippen LogP contribution in [0.15, 0.2) is 79.0 Å². The molecule has 0 saturated heterocycles. The third-order valence-electron chi connectivity index (χ3n) is 5.05. The van der Waals surface area contributed by atoms with Crippen LogP contribution in [-0.4, -0.2) is 30.1 Å². The zero-order valence-electron chi connectivity index (χ0n) is 16.3. The van der Waals surface area contributed by atoms with Gasteiger partial charge in [0.05, 0.1) is 17.6 Å². The van der Waals surface area contributed by atoms with Crippen LogP contribution in [0.2, 0.25) is 0 Å². The Hall–Kier alpha value is -4.00. The minimum absolute atomic E-state index is 0.0469. The van der Waals surface area contributed by atoms with Gasteiger partial charge in [-0.25, -0.2) is 4.98 Å². The molecule has 0 saturated carbocycles. The van der Waals surface area contributed by atoms with E-state index in [1.165, 1.54) is 0 Å². The molecule has 0 radical (unpaired) electrons. The molecule has 30 heavy (non-hydrogen) atoms. The molecule has 0 aliphatic carbocycles. The lowest BCUT2D eigenvalue weighted by Gasteiger charge is -2.09. The fraction of sp³-hybridized carbons (Fsp3) is 0.130. The Morgan fingerprint density at radius 1 is 0.867 bits per heavy atom. The van der Waals surface area contributed by atoms with Crippen LogP contribution >= 0.6 is 0 Å². The van der Waals surface area contributed by atoms with Crippen molar-refractivity contribution >= 4 is 22.6 Å². The number of carbonyl (C=O) groups excluding carboxylic acids is 1. The van der Waals surface area contributed by atoms with Crippen molar-refractivity contribution in [3.63, 3.8) is 0 Å². The van der Waals surface area contributed by atoms with Gasteiger partial charge >= 0.3 is 0 Å². The molecule has 0 fully saturated rings. The van der Waals surface area contributed by atoms with E-state index in [1.807, 2.05) is 77.3 Å². The van der Waals surface area contributed by atoms with E-state index >= 15 is 0 Å². The minimum atomic E-state index is -0.0469. The first-order valence-corrected chi connectivity index (χ1v) is 9.87. The topological polar surface area (TPSA) is 77.1 Å². The van der Waals surface area contributed by atoms with Crippen molar-refractivity contribution in [2.24, 2.45) is 0 Å². The fourth-order valence-electron chi connectivity index (χ4n) is 3.61. The smallest absolute Gasteiger partial charge is 0.220 e. The largest absolute Gasteiger partial charge is 0.349 e. The van der Waals surface area contributed by atoms with Crippen molar-refractivity contribution < 1.29 is 4.79 Å². The van der Waals surface area contributed by atoms with Gasteiger partial charge < -0.3 is 5.32 Å². The molecular weight excluding hydrogens is 376 g/mol. The number of aryl methyl sites for hydroxylation is 1. The fourth-order valence-corrected chi connectivity index (χ4v) is 3.61. The number of hydrogen-bond acceptors (Lipinski definition) is 4. The second kappa shape index (κ2) is 7.79. The lowest BCUT2D eigenvalue weighted by Crippen LogP contribution is -2.24. The number of fused-ring (bicyclic) bond motifs is 2. The zero-order valence-corrected chi connectivity index (χ0v) is 16.3. The molecule has 0 spiro atoms. The molecule has 0 bridgehead atoms. The summed E-state index contributed by atoms with van der Waals surface area (Å²) in [7, 11) is 0. The van der Waals surface area contributed by atoms with Crippen LogP contribution < -0.4 is 5.32 Å². The standard InChI is InChI=1S/C23H20N6O/c30-23(24-16-22-27-26-21-12-6-7-15-28(21)22)14-13-20-25-18-10-4-5-11-19(18)29(20)17-8-2-1-3-9-17/h1-12,15H,13-14,16H2,(H,24,30). The van der Waals surface area contributed by atoms with Crippen LogP contribution in [0.4, 0.5) is 0 Å². The van der Waals surface area contributed by atoms with Gasteiger partial charge in [-0.1, -0.05) is 36.4 Å². The number of hydrogen-bond donors (Lipinski definition) is 1. The first-order chi connectivity index (χ1) is 14.8. The number of amides is 1. The van der Waals surface area contributed by atoms with Gasteiger partial charge in [-0.15, -0.1) is 10.2 Å². The van der Waals surface area contributed by atoms with Crippen LogP contribution in [0, 0.1) is 0 Å². The van der Waals surface area contributed by atoms with Crippen molar-refractivity contribution in [1.82, 2.24) is 29.5 Å². The van der Waals surface area contributed by atoms with Crippen molar-refractivity contribution in [1.29, 1.82) is 0 Å². The Balaban J connectivity index is 1.32. The first-order valence-electron chi connectivity index (χ1n) is 9.87. The average Bonchev–Trinajstić information content (AvgIpc) is 3.38. The number of nitrogens with one attached hydrogen (secondary N) is 1. The molecule has 5 rings (SSSR count). The lowest BCUT2D eigenvalue weighted by atomic mass is 10.2. The van der Waals surface area contributed by atoms with Gasteiger partial charge in [0, 0.05) is 24.7 Å². The van der Waals surface area contributed by atoms with Gasteiger partial charge in [-0.05, 0) is 36.4 Å². The summed E-state index contributed by atoms with van der Waals surface area (Å²) < 4.78 is 3.99. The van der Waals surface area contributed by atoms with E-state index < -0.39 is 0 Å². The number of rotatable bonds is 6. The van der Waals surface area contributed by atoms with Crippen LogP contribution in [0.5, 0.6) is 0 Å². The van der Waals surface area contributed by atoms with E-state index in [0.29, 0.717) is 25.2 Å². The number of carbonyl (C=O) groups is 1. The van der Waals surface area contributed by atoms with Gasteiger partial charge in [-0.2, -0.15) is 0 Å². The van der Waals surface area contributed by atoms with Crippen LogP contribution in [-0.2, 0) is 17.8 Å². The maximum Gasteiger partial charge on any atom is 0.220 e. The molecule has 0 atom stereocenters. The quantitative estimate of drug-likeness (QED) is 0.478. The Bertz CT molecular complexity index is 1320. The SMILES string of the molecule is O=C(CCc1nc2ccccc2n1-c1ccccc1)NCc1nnc2ccccn12.